The van der Waals surface area contributed by atoms with Gasteiger partial charge in [-0.3, -0.25) is 0 Å². The summed E-state index contributed by atoms with van der Waals surface area (Å²) in [6, 6.07) is 72.7. The molecule has 0 saturated heterocycles. The smallest absolute Gasteiger partial charge is 0.160 e. The van der Waals surface area contributed by atoms with E-state index in [4.69, 9.17) is 4.74 Å². The predicted octanol–water partition coefficient (Wildman–Crippen LogP) is 16.3. The molecule has 0 spiro atoms. The SMILES string of the molecule is CC12c3cc4cccc5c4c(c3N(c3ccc(-c4ccc(-c6ccccc6)cc4)cc3)c3cccc(c31)C1C=CC=CC12)Oc1ccc(N(c2ccccc2)c2ccccc2)cc1-5. The van der Waals surface area contributed by atoms with Gasteiger partial charge in [-0.1, -0.05) is 165 Å². The Bertz CT molecular complexity index is 3280. The van der Waals surface area contributed by atoms with Crippen LogP contribution in [0.2, 0.25) is 0 Å². The summed E-state index contributed by atoms with van der Waals surface area (Å²) in [4.78, 5) is 4.82. The highest BCUT2D eigenvalue weighted by Crippen LogP contribution is 2.68. The summed E-state index contributed by atoms with van der Waals surface area (Å²) >= 11 is 0. The Hall–Kier alpha value is -7.88. The Balaban J connectivity index is 0.999. The molecule has 298 valence electrons. The molecule has 13 rings (SSSR count). The third-order valence-corrected chi connectivity index (χ3v) is 14.1. The zero-order chi connectivity index (χ0) is 41.6. The number of hydrogen-bond donors (Lipinski definition) is 0. The number of fused-ring (bicyclic) bond motifs is 8. The van der Waals surface area contributed by atoms with Gasteiger partial charge in [-0.05, 0) is 117 Å². The first-order valence-corrected chi connectivity index (χ1v) is 22.0. The van der Waals surface area contributed by atoms with E-state index < -0.39 is 0 Å². The number of hydrogen-bond acceptors (Lipinski definition) is 3. The topological polar surface area (TPSA) is 15.7 Å². The minimum atomic E-state index is -0.288. The van der Waals surface area contributed by atoms with E-state index in [0.717, 1.165) is 50.9 Å². The fourth-order valence-corrected chi connectivity index (χ4v) is 11.2. The van der Waals surface area contributed by atoms with Crippen molar-refractivity contribution in [1.29, 1.82) is 0 Å². The summed E-state index contributed by atoms with van der Waals surface area (Å²) < 4.78 is 7.40. The van der Waals surface area contributed by atoms with E-state index >= 15 is 0 Å². The van der Waals surface area contributed by atoms with Crippen LogP contribution in [-0.2, 0) is 5.41 Å². The third kappa shape index (κ3) is 5.33. The van der Waals surface area contributed by atoms with Gasteiger partial charge < -0.3 is 14.5 Å². The van der Waals surface area contributed by atoms with Crippen molar-refractivity contribution in [3.63, 3.8) is 0 Å². The Morgan fingerprint density at radius 3 is 1.84 bits per heavy atom. The molecule has 3 atom stereocenters. The van der Waals surface area contributed by atoms with Gasteiger partial charge in [0.1, 0.15) is 5.75 Å². The van der Waals surface area contributed by atoms with Crippen LogP contribution < -0.4 is 14.5 Å². The lowest BCUT2D eigenvalue weighted by Crippen LogP contribution is -2.36. The molecule has 0 radical (unpaired) electrons. The molecule has 3 heteroatoms. The first-order valence-electron chi connectivity index (χ1n) is 22.0. The standard InChI is InChI=1S/C60H42N2O/c1-60-52-25-12-11-22-48(52)50-24-14-26-54(57(50)60)62(46-33-31-42(32-34-46)41-29-27-40(28-30-41)39-15-5-2-6-16-39)58-53(60)37-43-17-13-23-49-51-38-47(35-36-55(51)63-59(58)56(43)49)61(44-18-7-3-8-19-44)45-20-9-4-10-21-45/h2-38,48,52H,1H3. The van der Waals surface area contributed by atoms with Gasteiger partial charge in [-0.15, -0.1) is 0 Å². The largest absolute Gasteiger partial charge is 0.454 e. The molecule has 2 aliphatic heterocycles. The number of benzene rings is 9. The van der Waals surface area contributed by atoms with E-state index in [2.05, 4.69) is 241 Å². The average Bonchev–Trinajstić information content (AvgIpc) is 3.62. The normalized spacial score (nSPS) is 18.3. The molecule has 0 amide bonds. The Kier molecular flexibility index (Phi) is 7.86. The van der Waals surface area contributed by atoms with Crippen LogP contribution in [0.4, 0.5) is 34.1 Å². The van der Waals surface area contributed by atoms with Crippen molar-refractivity contribution in [2.45, 2.75) is 18.3 Å². The fourth-order valence-electron chi connectivity index (χ4n) is 11.2. The number of ether oxygens (including phenoxy) is 1. The molecular formula is C60H42N2O. The zero-order valence-electron chi connectivity index (χ0n) is 34.8. The van der Waals surface area contributed by atoms with E-state index in [9.17, 15) is 0 Å². The highest BCUT2D eigenvalue weighted by molar-refractivity contribution is 6.11. The molecule has 0 bridgehead atoms. The van der Waals surface area contributed by atoms with E-state index in [1.165, 1.54) is 55.6 Å². The van der Waals surface area contributed by atoms with Crippen LogP contribution in [0.25, 0.3) is 44.2 Å². The lowest BCUT2D eigenvalue weighted by molar-refractivity contribution is 0.420. The maximum Gasteiger partial charge on any atom is 0.160 e. The van der Waals surface area contributed by atoms with Crippen LogP contribution in [0.15, 0.2) is 224 Å². The third-order valence-electron chi connectivity index (χ3n) is 14.1. The van der Waals surface area contributed by atoms with Gasteiger partial charge in [-0.25, -0.2) is 0 Å². The summed E-state index contributed by atoms with van der Waals surface area (Å²) in [6.45, 7) is 2.48. The van der Waals surface area contributed by atoms with Crippen molar-refractivity contribution in [1.82, 2.24) is 0 Å². The molecule has 0 N–H and O–H groups in total. The van der Waals surface area contributed by atoms with Crippen LogP contribution >= 0.6 is 0 Å². The van der Waals surface area contributed by atoms with E-state index in [1.807, 2.05) is 0 Å². The van der Waals surface area contributed by atoms with Crippen LogP contribution in [0.1, 0.15) is 29.5 Å². The van der Waals surface area contributed by atoms with Gasteiger partial charge in [0.05, 0.1) is 11.4 Å². The minimum Gasteiger partial charge on any atom is -0.454 e. The lowest BCUT2D eigenvalue weighted by atomic mass is 9.65. The zero-order valence-corrected chi connectivity index (χ0v) is 34.8. The number of anilines is 6. The van der Waals surface area contributed by atoms with Crippen molar-refractivity contribution in [3.8, 4) is 44.9 Å². The molecule has 2 aliphatic carbocycles. The first kappa shape index (κ1) is 35.8. The Morgan fingerprint density at radius 2 is 1.14 bits per heavy atom. The van der Waals surface area contributed by atoms with E-state index in [-0.39, 0.29) is 11.3 Å². The maximum absolute atomic E-state index is 7.40. The molecule has 9 aromatic rings. The molecule has 4 aliphatic rings. The Morgan fingerprint density at radius 1 is 0.524 bits per heavy atom. The molecule has 3 nitrogen and oxygen atoms in total. The van der Waals surface area contributed by atoms with Crippen LogP contribution in [-0.4, -0.2) is 0 Å². The van der Waals surface area contributed by atoms with Gasteiger partial charge in [0.25, 0.3) is 0 Å². The second-order valence-electron chi connectivity index (χ2n) is 17.4. The number of para-hydroxylation sites is 2. The summed E-state index contributed by atoms with van der Waals surface area (Å²) in [5.41, 5.74) is 17.7. The summed E-state index contributed by atoms with van der Waals surface area (Å²) in [5.74, 6) is 2.34. The number of rotatable bonds is 6. The summed E-state index contributed by atoms with van der Waals surface area (Å²) in [6.07, 6.45) is 9.33. The first-order chi connectivity index (χ1) is 31.1. The highest BCUT2D eigenvalue weighted by Gasteiger charge is 2.55. The molecule has 0 saturated carbocycles. The van der Waals surface area contributed by atoms with Crippen molar-refractivity contribution in [3.05, 3.63) is 241 Å². The van der Waals surface area contributed by atoms with Gasteiger partial charge in [0.15, 0.2) is 5.75 Å². The predicted molar refractivity (Wildman–Crippen MR) is 261 cm³/mol. The van der Waals surface area contributed by atoms with Crippen LogP contribution in [0.3, 0.4) is 0 Å². The molecule has 9 aromatic carbocycles. The minimum absolute atomic E-state index is 0.272. The quantitative estimate of drug-likeness (QED) is 0.166. The van der Waals surface area contributed by atoms with Crippen molar-refractivity contribution < 1.29 is 4.74 Å². The maximum atomic E-state index is 7.40. The lowest BCUT2D eigenvalue weighted by Gasteiger charge is -2.45. The van der Waals surface area contributed by atoms with Gasteiger partial charge in [0, 0.05) is 51.0 Å². The van der Waals surface area contributed by atoms with Gasteiger partial charge in [-0.2, -0.15) is 0 Å². The number of allylic oxidation sites excluding steroid dienone is 4. The van der Waals surface area contributed by atoms with Crippen molar-refractivity contribution in [2.75, 3.05) is 9.80 Å². The second-order valence-corrected chi connectivity index (χ2v) is 17.4. The second kappa shape index (κ2) is 13.8. The van der Waals surface area contributed by atoms with E-state index in [0.29, 0.717) is 5.92 Å². The molecule has 0 aromatic heterocycles. The average molecular weight is 807 g/mol. The number of nitrogens with zero attached hydrogens (tertiary/aromatic N) is 2. The monoisotopic (exact) mass is 806 g/mol. The highest BCUT2D eigenvalue weighted by atomic mass is 16.5. The van der Waals surface area contributed by atoms with Crippen molar-refractivity contribution >= 4 is 44.9 Å². The summed E-state index contributed by atoms with van der Waals surface area (Å²) in [7, 11) is 0. The molecule has 63 heavy (non-hydrogen) atoms. The molecule has 0 fully saturated rings. The van der Waals surface area contributed by atoms with Crippen LogP contribution in [0, 0.1) is 5.92 Å². The molecule has 3 unspecified atom stereocenters. The van der Waals surface area contributed by atoms with Gasteiger partial charge in [0.2, 0.25) is 0 Å². The van der Waals surface area contributed by atoms with Crippen molar-refractivity contribution in [2.24, 2.45) is 5.92 Å². The molecule has 2 heterocycles. The summed E-state index contributed by atoms with van der Waals surface area (Å²) in [5, 5.41) is 2.33. The van der Waals surface area contributed by atoms with E-state index in [1.54, 1.807) is 0 Å². The van der Waals surface area contributed by atoms with Gasteiger partial charge >= 0.3 is 0 Å². The molecular weight excluding hydrogens is 765 g/mol. The fraction of sp³-hybridized carbons (Fsp3) is 0.0667. The van der Waals surface area contributed by atoms with Crippen LogP contribution in [0.5, 0.6) is 11.5 Å². The Labute approximate surface area is 368 Å².